The van der Waals surface area contributed by atoms with Gasteiger partial charge in [-0.05, 0) is 58.8 Å². The summed E-state index contributed by atoms with van der Waals surface area (Å²) in [6.45, 7) is 0. The number of hydrogen-bond donors (Lipinski definition) is 0. The van der Waals surface area contributed by atoms with Crippen molar-refractivity contribution >= 4 is 15.9 Å². The van der Waals surface area contributed by atoms with Crippen LogP contribution < -0.4 is 0 Å². The molecule has 0 bridgehead atoms. The highest BCUT2D eigenvalue weighted by molar-refractivity contribution is 9.10. The number of hydrogen-bond acceptors (Lipinski definition) is 1. The van der Waals surface area contributed by atoms with Crippen molar-refractivity contribution in [1.29, 1.82) is 0 Å². The summed E-state index contributed by atoms with van der Waals surface area (Å²) < 4.78 is 1.05. The molecule has 1 nitrogen and oxygen atoms in total. The van der Waals surface area contributed by atoms with E-state index in [1.807, 2.05) is 6.20 Å². The monoisotopic (exact) mass is 211 g/mol. The van der Waals surface area contributed by atoms with Crippen LogP contribution in [0.15, 0.2) is 16.9 Å². The van der Waals surface area contributed by atoms with E-state index in [0.29, 0.717) is 0 Å². The zero-order valence-electron chi connectivity index (χ0n) is 6.31. The van der Waals surface area contributed by atoms with Gasteiger partial charge in [0.2, 0.25) is 0 Å². The molecule has 1 heterocycles. The minimum absolute atomic E-state index is 1.05. The second-order valence-corrected chi connectivity index (χ2v) is 3.70. The quantitative estimate of drug-likeness (QED) is 0.602. The summed E-state index contributed by atoms with van der Waals surface area (Å²) in [7, 11) is 0. The lowest BCUT2D eigenvalue weighted by atomic mass is 9.94. The van der Waals surface area contributed by atoms with Gasteiger partial charge in [0, 0.05) is 6.20 Å². The first-order valence-corrected chi connectivity index (χ1v) is 4.79. The lowest BCUT2D eigenvalue weighted by Gasteiger charge is -2.15. The van der Waals surface area contributed by atoms with E-state index in [9.17, 15) is 0 Å². The summed E-state index contributed by atoms with van der Waals surface area (Å²) in [5, 5.41) is 0. The average molecular weight is 212 g/mol. The standard InChI is InChI=1S/C9H10BrN/c10-9-8-4-2-1-3-7(8)5-6-11-9/h5-6H,1-4H2. The molecule has 0 fully saturated rings. The van der Waals surface area contributed by atoms with Gasteiger partial charge >= 0.3 is 0 Å². The molecule has 0 radical (unpaired) electrons. The Kier molecular flexibility index (Phi) is 1.95. The van der Waals surface area contributed by atoms with Gasteiger partial charge in [0.05, 0.1) is 0 Å². The Morgan fingerprint density at radius 1 is 1.27 bits per heavy atom. The maximum Gasteiger partial charge on any atom is 0.109 e. The van der Waals surface area contributed by atoms with Crippen LogP contribution in [0.25, 0.3) is 0 Å². The molecule has 2 heteroatoms. The highest BCUT2D eigenvalue weighted by Gasteiger charge is 2.11. The summed E-state index contributed by atoms with van der Waals surface area (Å²) in [6, 6.07) is 2.14. The molecule has 0 saturated heterocycles. The molecular weight excluding hydrogens is 202 g/mol. The van der Waals surface area contributed by atoms with Gasteiger partial charge in [-0.25, -0.2) is 4.98 Å². The number of nitrogens with zero attached hydrogens (tertiary/aromatic N) is 1. The number of aromatic nitrogens is 1. The van der Waals surface area contributed by atoms with Gasteiger partial charge in [-0.3, -0.25) is 0 Å². The van der Waals surface area contributed by atoms with Crippen LogP contribution in [0.1, 0.15) is 24.0 Å². The van der Waals surface area contributed by atoms with Crippen LogP contribution in [0, 0.1) is 0 Å². The molecule has 0 amide bonds. The van der Waals surface area contributed by atoms with Crippen LogP contribution in [-0.2, 0) is 12.8 Å². The Hall–Kier alpha value is -0.370. The van der Waals surface area contributed by atoms with Crippen molar-refractivity contribution in [2.45, 2.75) is 25.7 Å². The van der Waals surface area contributed by atoms with Gasteiger partial charge in [0.15, 0.2) is 0 Å². The van der Waals surface area contributed by atoms with Crippen LogP contribution in [0.3, 0.4) is 0 Å². The number of halogens is 1. The lowest BCUT2D eigenvalue weighted by Crippen LogP contribution is -2.03. The number of aryl methyl sites for hydroxylation is 1. The summed E-state index contributed by atoms with van der Waals surface area (Å²) in [4.78, 5) is 4.21. The third kappa shape index (κ3) is 1.32. The Morgan fingerprint density at radius 2 is 2.09 bits per heavy atom. The van der Waals surface area contributed by atoms with E-state index in [4.69, 9.17) is 0 Å². The van der Waals surface area contributed by atoms with Gasteiger partial charge < -0.3 is 0 Å². The van der Waals surface area contributed by atoms with Gasteiger partial charge in [-0.1, -0.05) is 0 Å². The van der Waals surface area contributed by atoms with E-state index in [2.05, 4.69) is 27.0 Å². The van der Waals surface area contributed by atoms with Gasteiger partial charge in [0.25, 0.3) is 0 Å². The second-order valence-electron chi connectivity index (χ2n) is 2.95. The molecular formula is C9H10BrN. The first-order valence-electron chi connectivity index (χ1n) is 4.00. The predicted molar refractivity (Wildman–Crippen MR) is 48.6 cm³/mol. The molecule has 0 spiro atoms. The smallest absolute Gasteiger partial charge is 0.109 e. The minimum Gasteiger partial charge on any atom is -0.249 e. The molecule has 0 atom stereocenters. The number of fused-ring (bicyclic) bond motifs is 1. The maximum atomic E-state index is 4.21. The van der Waals surface area contributed by atoms with Crippen LogP contribution in [0.2, 0.25) is 0 Å². The van der Waals surface area contributed by atoms with E-state index < -0.39 is 0 Å². The molecule has 1 aromatic heterocycles. The molecule has 58 valence electrons. The Bertz CT molecular complexity index is 270. The Labute approximate surface area is 75.0 Å². The molecule has 1 aromatic rings. The summed E-state index contributed by atoms with van der Waals surface area (Å²) in [6.07, 6.45) is 6.97. The highest BCUT2D eigenvalue weighted by Crippen LogP contribution is 2.25. The Balaban J connectivity index is 2.49. The molecule has 0 N–H and O–H groups in total. The molecule has 1 aliphatic carbocycles. The van der Waals surface area contributed by atoms with Gasteiger partial charge in [0.1, 0.15) is 4.60 Å². The largest absolute Gasteiger partial charge is 0.249 e. The van der Waals surface area contributed by atoms with Crippen LogP contribution in [0.5, 0.6) is 0 Å². The van der Waals surface area contributed by atoms with E-state index in [0.717, 1.165) is 4.60 Å². The second kappa shape index (κ2) is 2.94. The third-order valence-electron chi connectivity index (χ3n) is 2.22. The summed E-state index contributed by atoms with van der Waals surface area (Å²) >= 11 is 3.47. The van der Waals surface area contributed by atoms with Crippen molar-refractivity contribution in [3.05, 3.63) is 28.0 Å². The lowest BCUT2D eigenvalue weighted by molar-refractivity contribution is 0.678. The SMILES string of the molecule is Brc1nccc2c1CCCC2. The van der Waals surface area contributed by atoms with Crippen molar-refractivity contribution in [1.82, 2.24) is 4.98 Å². The van der Waals surface area contributed by atoms with Crippen molar-refractivity contribution in [3.8, 4) is 0 Å². The minimum atomic E-state index is 1.05. The van der Waals surface area contributed by atoms with E-state index in [1.54, 1.807) is 0 Å². The van der Waals surface area contributed by atoms with Crippen molar-refractivity contribution in [2.75, 3.05) is 0 Å². The molecule has 1 aliphatic rings. The third-order valence-corrected chi connectivity index (χ3v) is 2.91. The van der Waals surface area contributed by atoms with Crippen molar-refractivity contribution in [2.24, 2.45) is 0 Å². The first kappa shape index (κ1) is 7.29. The molecule has 0 aliphatic heterocycles. The van der Waals surface area contributed by atoms with Crippen LogP contribution in [-0.4, -0.2) is 4.98 Å². The van der Waals surface area contributed by atoms with Gasteiger partial charge in [-0.2, -0.15) is 0 Å². The fourth-order valence-corrected chi connectivity index (χ4v) is 2.19. The van der Waals surface area contributed by atoms with Crippen molar-refractivity contribution < 1.29 is 0 Å². The summed E-state index contributed by atoms with van der Waals surface area (Å²) in [5.74, 6) is 0. The predicted octanol–water partition coefficient (Wildman–Crippen LogP) is 2.72. The van der Waals surface area contributed by atoms with E-state index in [-0.39, 0.29) is 0 Å². The zero-order chi connectivity index (χ0) is 7.68. The van der Waals surface area contributed by atoms with Crippen LogP contribution >= 0.6 is 15.9 Å². The fourth-order valence-electron chi connectivity index (χ4n) is 1.62. The molecule has 0 aromatic carbocycles. The number of pyridine rings is 1. The molecule has 0 unspecified atom stereocenters. The molecule has 0 saturated carbocycles. The molecule has 2 rings (SSSR count). The van der Waals surface area contributed by atoms with Crippen LogP contribution in [0.4, 0.5) is 0 Å². The van der Waals surface area contributed by atoms with Crippen molar-refractivity contribution in [3.63, 3.8) is 0 Å². The Morgan fingerprint density at radius 3 is 2.91 bits per heavy atom. The topological polar surface area (TPSA) is 12.9 Å². The normalized spacial score (nSPS) is 16.1. The average Bonchev–Trinajstić information content (AvgIpc) is 2.06. The first-order chi connectivity index (χ1) is 5.38. The van der Waals surface area contributed by atoms with E-state index >= 15 is 0 Å². The zero-order valence-corrected chi connectivity index (χ0v) is 7.89. The summed E-state index contributed by atoms with van der Waals surface area (Å²) in [5.41, 5.74) is 2.91. The van der Waals surface area contributed by atoms with E-state index in [1.165, 1.54) is 36.8 Å². The molecule has 11 heavy (non-hydrogen) atoms. The van der Waals surface area contributed by atoms with Gasteiger partial charge in [-0.15, -0.1) is 0 Å². The highest BCUT2D eigenvalue weighted by atomic mass is 79.9. The fraction of sp³-hybridized carbons (Fsp3) is 0.444. The maximum absolute atomic E-state index is 4.21. The number of rotatable bonds is 0.